The van der Waals surface area contributed by atoms with E-state index in [2.05, 4.69) is 32.9 Å². The summed E-state index contributed by atoms with van der Waals surface area (Å²) in [6.07, 6.45) is 1.73. The number of rotatable bonds is 6. The van der Waals surface area contributed by atoms with Gasteiger partial charge in [-0.05, 0) is 98.9 Å². The Bertz CT molecular complexity index is 1040. The second kappa shape index (κ2) is 9.80. The fraction of sp³-hybridized carbons (Fsp3) is 0.105. The molecule has 2 N–H and O–H groups in total. The lowest BCUT2D eigenvalue weighted by Gasteiger charge is -2.12. The largest absolute Gasteiger partial charge is 0.493 e. The smallest absolute Gasteiger partial charge is 0.341 e. The minimum atomic E-state index is -1.08. The quantitative estimate of drug-likeness (QED) is 0.364. The molecule has 1 saturated heterocycles. The molecule has 0 bridgehead atoms. The molecule has 0 radical (unpaired) electrons. The van der Waals surface area contributed by atoms with Gasteiger partial charge in [-0.2, -0.15) is 0 Å². The third kappa shape index (κ3) is 5.85. The number of carboxylic acid groups (broad SMARTS) is 1. The number of amides is 1. The zero-order valence-corrected chi connectivity index (χ0v) is 20.1. The Labute approximate surface area is 198 Å². The molecule has 29 heavy (non-hydrogen) atoms. The van der Waals surface area contributed by atoms with E-state index in [9.17, 15) is 9.59 Å². The number of amidine groups is 1. The maximum absolute atomic E-state index is 12.3. The Morgan fingerprint density at radius 3 is 2.79 bits per heavy atom. The highest BCUT2D eigenvalue weighted by molar-refractivity contribution is 14.1. The molecule has 0 spiro atoms. The number of aliphatic imine (C=N–C) groups is 1. The molecule has 1 fully saturated rings. The molecule has 150 valence electrons. The number of aliphatic carboxylic acids is 1. The van der Waals surface area contributed by atoms with Gasteiger partial charge in [0, 0.05) is 3.57 Å². The number of hydrogen-bond acceptors (Lipinski definition) is 6. The summed E-state index contributed by atoms with van der Waals surface area (Å²) < 4.78 is 12.3. The zero-order chi connectivity index (χ0) is 21.0. The first kappa shape index (κ1) is 21.9. The van der Waals surface area contributed by atoms with Crippen molar-refractivity contribution >= 4 is 85.8 Å². The molecule has 10 heteroatoms. The molecular formula is C19H14I2N2O5S. The Balaban J connectivity index is 1.85. The lowest BCUT2D eigenvalue weighted by atomic mass is 10.2. The summed E-state index contributed by atoms with van der Waals surface area (Å²) >= 11 is 5.49. The Morgan fingerprint density at radius 1 is 1.31 bits per heavy atom. The van der Waals surface area contributed by atoms with E-state index < -0.39 is 12.6 Å². The Morgan fingerprint density at radius 2 is 2.10 bits per heavy atom. The minimum absolute atomic E-state index is 0.237. The van der Waals surface area contributed by atoms with Gasteiger partial charge in [0.25, 0.3) is 5.91 Å². The first-order valence-electron chi connectivity index (χ1n) is 8.13. The van der Waals surface area contributed by atoms with Crippen LogP contribution in [0.5, 0.6) is 11.5 Å². The van der Waals surface area contributed by atoms with E-state index in [1.54, 1.807) is 18.2 Å². The molecule has 2 aromatic rings. The molecule has 0 unspecified atom stereocenters. The topological polar surface area (TPSA) is 97.2 Å². The highest BCUT2D eigenvalue weighted by atomic mass is 127. The van der Waals surface area contributed by atoms with Gasteiger partial charge < -0.3 is 19.9 Å². The molecule has 0 aromatic heterocycles. The second-order valence-corrected chi connectivity index (χ2v) is 9.12. The first-order valence-corrected chi connectivity index (χ1v) is 11.1. The van der Waals surface area contributed by atoms with Gasteiger partial charge in [-0.1, -0.05) is 6.07 Å². The van der Waals surface area contributed by atoms with Gasteiger partial charge in [0.2, 0.25) is 0 Å². The maximum atomic E-state index is 12.3. The van der Waals surface area contributed by atoms with Crippen LogP contribution in [-0.2, 0) is 9.59 Å². The summed E-state index contributed by atoms with van der Waals surface area (Å²) in [7, 11) is 1.47. The number of methoxy groups -OCH3 is 1. The van der Waals surface area contributed by atoms with Crippen LogP contribution in [0.15, 0.2) is 46.3 Å². The van der Waals surface area contributed by atoms with Gasteiger partial charge in [0.1, 0.15) is 0 Å². The predicted molar refractivity (Wildman–Crippen MR) is 129 cm³/mol. The maximum Gasteiger partial charge on any atom is 0.341 e. The summed E-state index contributed by atoms with van der Waals surface area (Å²) in [5.74, 6) is -0.573. The second-order valence-electron chi connectivity index (χ2n) is 5.68. The number of benzene rings is 2. The van der Waals surface area contributed by atoms with Crippen LogP contribution in [0.25, 0.3) is 6.08 Å². The van der Waals surface area contributed by atoms with Crippen molar-refractivity contribution in [1.82, 2.24) is 5.32 Å². The van der Waals surface area contributed by atoms with E-state index in [-0.39, 0.29) is 5.91 Å². The number of nitrogens with one attached hydrogen (secondary N) is 1. The number of halogens is 2. The Kier molecular flexibility index (Phi) is 7.40. The molecule has 1 amide bonds. The van der Waals surface area contributed by atoms with Crippen LogP contribution in [0.2, 0.25) is 0 Å². The molecule has 1 aliphatic heterocycles. The van der Waals surface area contributed by atoms with Gasteiger partial charge in [0.05, 0.1) is 21.3 Å². The number of thioether (sulfide) groups is 1. The molecule has 0 atom stereocenters. The molecule has 0 aliphatic carbocycles. The lowest BCUT2D eigenvalue weighted by Crippen LogP contribution is -2.19. The molecule has 1 aliphatic rings. The SMILES string of the molecule is COc1cc(/C=C2/SC(=Nc3cccc(I)c3)NC2=O)cc(I)c1OCC(=O)O. The average molecular weight is 636 g/mol. The zero-order valence-electron chi connectivity index (χ0n) is 14.9. The van der Waals surface area contributed by atoms with Gasteiger partial charge in [-0.15, -0.1) is 0 Å². The molecule has 2 aromatic carbocycles. The van der Waals surface area contributed by atoms with Crippen LogP contribution in [0.1, 0.15) is 5.56 Å². The molecule has 3 rings (SSSR count). The molecule has 7 nitrogen and oxygen atoms in total. The number of hydrogen-bond donors (Lipinski definition) is 2. The van der Waals surface area contributed by atoms with Crippen molar-refractivity contribution in [3.63, 3.8) is 0 Å². The van der Waals surface area contributed by atoms with Crippen LogP contribution in [0, 0.1) is 7.14 Å². The lowest BCUT2D eigenvalue weighted by molar-refractivity contribution is -0.139. The average Bonchev–Trinajstić information content (AvgIpc) is 2.99. The van der Waals surface area contributed by atoms with Crippen LogP contribution in [0.4, 0.5) is 5.69 Å². The molecule has 0 saturated carbocycles. The number of nitrogens with zero attached hydrogens (tertiary/aromatic N) is 1. The standard InChI is InChI=1S/C19H14I2N2O5S/c1-27-14-6-10(5-13(21)17(14)28-9-16(24)25)7-15-18(26)23-19(29-15)22-12-4-2-3-11(20)8-12/h2-8H,9H2,1H3,(H,24,25)(H,22,23,26)/b15-7+. The van der Waals surface area contributed by atoms with E-state index in [0.717, 1.165) is 14.8 Å². The minimum Gasteiger partial charge on any atom is -0.493 e. The van der Waals surface area contributed by atoms with Crippen molar-refractivity contribution in [2.24, 2.45) is 4.99 Å². The van der Waals surface area contributed by atoms with Crippen molar-refractivity contribution in [1.29, 1.82) is 0 Å². The number of carbonyl (C=O) groups is 2. The van der Waals surface area contributed by atoms with E-state index >= 15 is 0 Å². The van der Waals surface area contributed by atoms with E-state index in [1.165, 1.54) is 18.9 Å². The van der Waals surface area contributed by atoms with Crippen LogP contribution < -0.4 is 14.8 Å². The fourth-order valence-corrected chi connectivity index (χ4v) is 4.54. The van der Waals surface area contributed by atoms with Crippen LogP contribution in [0.3, 0.4) is 0 Å². The monoisotopic (exact) mass is 636 g/mol. The Hall–Kier alpha value is -1.80. The van der Waals surface area contributed by atoms with E-state index in [4.69, 9.17) is 14.6 Å². The van der Waals surface area contributed by atoms with Crippen LogP contribution >= 0.6 is 56.9 Å². The first-order chi connectivity index (χ1) is 13.9. The molecule has 1 heterocycles. The van der Waals surface area contributed by atoms with E-state index in [1.807, 2.05) is 46.9 Å². The van der Waals surface area contributed by atoms with Gasteiger partial charge in [-0.25, -0.2) is 9.79 Å². The van der Waals surface area contributed by atoms with Crippen molar-refractivity contribution in [3.05, 3.63) is 54.0 Å². The summed E-state index contributed by atoms with van der Waals surface area (Å²) in [6, 6.07) is 11.1. The van der Waals surface area contributed by atoms with Gasteiger partial charge >= 0.3 is 5.97 Å². The van der Waals surface area contributed by atoms with E-state index in [0.29, 0.717) is 25.1 Å². The number of ether oxygens (including phenoxy) is 2. The highest BCUT2D eigenvalue weighted by Crippen LogP contribution is 2.36. The third-order valence-electron chi connectivity index (χ3n) is 3.58. The summed E-state index contributed by atoms with van der Waals surface area (Å²) in [5, 5.41) is 12.1. The summed E-state index contributed by atoms with van der Waals surface area (Å²) in [4.78, 5) is 28.0. The molecular weight excluding hydrogens is 622 g/mol. The number of carboxylic acids is 1. The normalized spacial score (nSPS) is 16.2. The van der Waals surface area contributed by atoms with Crippen molar-refractivity contribution < 1.29 is 24.2 Å². The predicted octanol–water partition coefficient (Wildman–Crippen LogP) is 4.26. The van der Waals surface area contributed by atoms with Crippen molar-refractivity contribution in [3.8, 4) is 11.5 Å². The van der Waals surface area contributed by atoms with Crippen LogP contribution in [-0.4, -0.2) is 35.9 Å². The number of carbonyl (C=O) groups excluding carboxylic acids is 1. The van der Waals surface area contributed by atoms with Gasteiger partial charge in [0.15, 0.2) is 23.3 Å². The summed E-state index contributed by atoms with van der Waals surface area (Å²) in [5.41, 5.74) is 1.49. The summed E-state index contributed by atoms with van der Waals surface area (Å²) in [6.45, 7) is -0.469. The van der Waals surface area contributed by atoms with Crippen molar-refractivity contribution in [2.45, 2.75) is 0 Å². The van der Waals surface area contributed by atoms with Crippen molar-refractivity contribution in [2.75, 3.05) is 13.7 Å². The third-order valence-corrected chi connectivity index (χ3v) is 5.96. The van der Waals surface area contributed by atoms with Gasteiger partial charge in [-0.3, -0.25) is 4.79 Å². The highest BCUT2D eigenvalue weighted by Gasteiger charge is 2.24. The fourth-order valence-electron chi connectivity index (χ4n) is 2.39.